The molecule has 1 aromatic carbocycles. The van der Waals surface area contributed by atoms with Crippen LogP contribution < -0.4 is 5.32 Å². The Bertz CT molecular complexity index is 468. The van der Waals surface area contributed by atoms with Crippen LogP contribution in [0.3, 0.4) is 0 Å². The summed E-state index contributed by atoms with van der Waals surface area (Å²) in [6.07, 6.45) is 4.71. The Morgan fingerprint density at radius 2 is 1.90 bits per heavy atom. The maximum atomic E-state index is 13.7. The predicted octanol–water partition coefficient (Wildman–Crippen LogP) is 4.39. The molecule has 1 atom stereocenters. The molecule has 2 rings (SSSR count). The first kappa shape index (κ1) is 16.7. The van der Waals surface area contributed by atoms with Crippen molar-refractivity contribution in [3.63, 3.8) is 0 Å². The summed E-state index contributed by atoms with van der Waals surface area (Å²) in [7, 11) is 1.95. The predicted molar refractivity (Wildman–Crippen MR) is 87.3 cm³/mol. The number of benzene rings is 1. The van der Waals surface area contributed by atoms with Gasteiger partial charge in [0.15, 0.2) is 0 Å². The SMILES string of the molecule is CCN(CC)C1(C(NC)c2cc(F)ccc2Cl)CCCC1. The Labute approximate surface area is 132 Å². The minimum absolute atomic E-state index is 0.0374. The molecule has 118 valence electrons. The van der Waals surface area contributed by atoms with Gasteiger partial charge in [-0.2, -0.15) is 0 Å². The van der Waals surface area contributed by atoms with Gasteiger partial charge in [-0.15, -0.1) is 0 Å². The standard InChI is InChI=1S/C17H26ClFN2/c1-4-21(5-2)17(10-6-7-11-17)16(20-3)14-12-13(19)8-9-15(14)18/h8-9,12,16,20H,4-7,10-11H2,1-3H3. The van der Waals surface area contributed by atoms with Crippen LogP contribution in [0.1, 0.15) is 51.1 Å². The lowest BCUT2D eigenvalue weighted by Crippen LogP contribution is -2.54. The van der Waals surface area contributed by atoms with E-state index in [-0.39, 0.29) is 17.4 Å². The van der Waals surface area contributed by atoms with E-state index in [0.29, 0.717) is 5.02 Å². The maximum Gasteiger partial charge on any atom is 0.123 e. The van der Waals surface area contributed by atoms with Crippen molar-refractivity contribution < 1.29 is 4.39 Å². The lowest BCUT2D eigenvalue weighted by molar-refractivity contribution is 0.0655. The molecule has 1 aliphatic rings. The first-order valence-electron chi connectivity index (χ1n) is 7.96. The van der Waals surface area contributed by atoms with E-state index in [1.165, 1.54) is 18.9 Å². The molecule has 1 saturated carbocycles. The van der Waals surface area contributed by atoms with Crippen LogP contribution in [0.4, 0.5) is 4.39 Å². The van der Waals surface area contributed by atoms with Gasteiger partial charge in [0.2, 0.25) is 0 Å². The topological polar surface area (TPSA) is 15.3 Å². The number of rotatable bonds is 6. The van der Waals surface area contributed by atoms with E-state index >= 15 is 0 Å². The Morgan fingerprint density at radius 3 is 2.43 bits per heavy atom. The van der Waals surface area contributed by atoms with Gasteiger partial charge in [0.05, 0.1) is 6.04 Å². The van der Waals surface area contributed by atoms with Crippen molar-refractivity contribution in [2.75, 3.05) is 20.1 Å². The Hall–Kier alpha value is -0.640. The van der Waals surface area contributed by atoms with Gasteiger partial charge in [-0.25, -0.2) is 4.39 Å². The molecule has 0 saturated heterocycles. The molecule has 0 aliphatic heterocycles. The highest BCUT2D eigenvalue weighted by Crippen LogP contribution is 2.45. The molecule has 1 fully saturated rings. The third-order valence-corrected chi connectivity index (χ3v) is 5.30. The monoisotopic (exact) mass is 312 g/mol. The van der Waals surface area contributed by atoms with Crippen molar-refractivity contribution in [1.82, 2.24) is 10.2 Å². The first-order valence-corrected chi connectivity index (χ1v) is 8.34. The van der Waals surface area contributed by atoms with E-state index in [1.54, 1.807) is 12.1 Å². The van der Waals surface area contributed by atoms with Gasteiger partial charge in [0.25, 0.3) is 0 Å². The Kier molecular flexibility index (Phi) is 5.64. The molecular formula is C17H26ClFN2. The fourth-order valence-electron chi connectivity index (χ4n) is 4.08. The van der Waals surface area contributed by atoms with E-state index < -0.39 is 0 Å². The highest BCUT2D eigenvalue weighted by atomic mass is 35.5. The van der Waals surface area contributed by atoms with Crippen LogP contribution >= 0.6 is 11.6 Å². The summed E-state index contributed by atoms with van der Waals surface area (Å²) in [4.78, 5) is 2.52. The average molecular weight is 313 g/mol. The second-order valence-corrected chi connectivity index (χ2v) is 6.28. The second kappa shape index (κ2) is 7.08. The van der Waals surface area contributed by atoms with E-state index in [2.05, 4.69) is 24.1 Å². The minimum Gasteiger partial charge on any atom is -0.311 e. The highest BCUT2D eigenvalue weighted by molar-refractivity contribution is 6.31. The summed E-state index contributed by atoms with van der Waals surface area (Å²) in [5.41, 5.74) is 0.920. The molecule has 1 aliphatic carbocycles. The summed E-state index contributed by atoms with van der Waals surface area (Å²) >= 11 is 6.38. The van der Waals surface area contributed by atoms with Crippen LogP contribution in [-0.2, 0) is 0 Å². The van der Waals surface area contributed by atoms with Gasteiger partial charge in [0.1, 0.15) is 5.82 Å². The van der Waals surface area contributed by atoms with Gasteiger partial charge in [-0.1, -0.05) is 38.3 Å². The summed E-state index contributed by atoms with van der Waals surface area (Å²) in [6, 6.07) is 4.74. The van der Waals surface area contributed by atoms with Gasteiger partial charge >= 0.3 is 0 Å². The largest absolute Gasteiger partial charge is 0.311 e. The van der Waals surface area contributed by atoms with E-state index in [4.69, 9.17) is 11.6 Å². The lowest BCUT2D eigenvalue weighted by atomic mass is 9.81. The van der Waals surface area contributed by atoms with Crippen LogP contribution in [0.25, 0.3) is 0 Å². The van der Waals surface area contributed by atoms with Crippen molar-refractivity contribution in [2.24, 2.45) is 0 Å². The van der Waals surface area contributed by atoms with Gasteiger partial charge in [-0.3, -0.25) is 4.90 Å². The second-order valence-electron chi connectivity index (χ2n) is 5.87. The quantitative estimate of drug-likeness (QED) is 0.838. The zero-order valence-electron chi connectivity index (χ0n) is 13.3. The number of halogens is 2. The first-order chi connectivity index (χ1) is 10.1. The number of hydrogen-bond donors (Lipinski definition) is 1. The number of nitrogens with one attached hydrogen (secondary N) is 1. The third kappa shape index (κ3) is 3.10. The molecule has 0 radical (unpaired) electrons. The lowest BCUT2D eigenvalue weighted by Gasteiger charge is -2.46. The molecule has 1 unspecified atom stereocenters. The van der Waals surface area contributed by atoms with Crippen LogP contribution in [0.2, 0.25) is 5.02 Å². The number of hydrogen-bond acceptors (Lipinski definition) is 2. The summed E-state index contributed by atoms with van der Waals surface area (Å²) in [5.74, 6) is -0.220. The number of nitrogens with zero attached hydrogens (tertiary/aromatic N) is 1. The molecule has 0 amide bonds. The molecule has 0 aromatic heterocycles. The van der Waals surface area contributed by atoms with Crippen LogP contribution in [-0.4, -0.2) is 30.6 Å². The van der Waals surface area contributed by atoms with E-state index in [9.17, 15) is 4.39 Å². The van der Waals surface area contributed by atoms with E-state index in [1.807, 2.05) is 7.05 Å². The Morgan fingerprint density at radius 1 is 1.29 bits per heavy atom. The molecule has 1 aromatic rings. The molecule has 0 spiro atoms. The molecule has 2 nitrogen and oxygen atoms in total. The van der Waals surface area contributed by atoms with Crippen LogP contribution in [0.15, 0.2) is 18.2 Å². The summed E-state index contributed by atoms with van der Waals surface area (Å²) in [6.45, 7) is 6.40. The zero-order chi connectivity index (χ0) is 15.5. The van der Waals surface area contributed by atoms with Crippen molar-refractivity contribution >= 4 is 11.6 Å². The zero-order valence-corrected chi connectivity index (χ0v) is 14.0. The fraction of sp³-hybridized carbons (Fsp3) is 0.647. The van der Waals surface area contributed by atoms with Crippen molar-refractivity contribution in [2.45, 2.75) is 51.1 Å². The third-order valence-electron chi connectivity index (χ3n) is 4.96. The molecule has 0 heterocycles. The van der Waals surface area contributed by atoms with Crippen molar-refractivity contribution in [3.05, 3.63) is 34.6 Å². The summed E-state index contributed by atoms with van der Waals surface area (Å²) in [5, 5.41) is 4.07. The van der Waals surface area contributed by atoms with Crippen LogP contribution in [0.5, 0.6) is 0 Å². The van der Waals surface area contributed by atoms with Crippen LogP contribution in [0, 0.1) is 5.82 Å². The molecular weight excluding hydrogens is 287 g/mol. The molecule has 4 heteroatoms. The van der Waals surface area contributed by atoms with Crippen molar-refractivity contribution in [1.29, 1.82) is 0 Å². The average Bonchev–Trinajstić information content (AvgIpc) is 2.95. The molecule has 0 bridgehead atoms. The fourth-order valence-corrected chi connectivity index (χ4v) is 4.30. The van der Waals surface area contributed by atoms with Crippen molar-refractivity contribution in [3.8, 4) is 0 Å². The molecule has 1 N–H and O–H groups in total. The molecule has 21 heavy (non-hydrogen) atoms. The summed E-state index contributed by atoms with van der Waals surface area (Å²) < 4.78 is 13.7. The highest BCUT2D eigenvalue weighted by Gasteiger charge is 2.45. The Balaban J connectivity index is 2.47. The van der Waals surface area contributed by atoms with Gasteiger partial charge in [0, 0.05) is 10.6 Å². The smallest absolute Gasteiger partial charge is 0.123 e. The van der Waals surface area contributed by atoms with Gasteiger partial charge < -0.3 is 5.32 Å². The van der Waals surface area contributed by atoms with Gasteiger partial charge in [-0.05, 0) is 56.7 Å². The minimum atomic E-state index is -0.220. The normalized spacial score (nSPS) is 19.1. The maximum absolute atomic E-state index is 13.7. The van der Waals surface area contributed by atoms with E-state index in [0.717, 1.165) is 31.5 Å². The number of likely N-dealkylation sites (N-methyl/N-ethyl adjacent to an activating group) is 2.